The molecule has 2 heterocycles. The number of nitriles is 1. The van der Waals surface area contributed by atoms with Crippen LogP contribution in [0.5, 0.6) is 5.75 Å². The summed E-state index contributed by atoms with van der Waals surface area (Å²) in [5, 5.41) is 9.25. The van der Waals surface area contributed by atoms with E-state index in [0.29, 0.717) is 18.7 Å². The van der Waals surface area contributed by atoms with Gasteiger partial charge in [-0.1, -0.05) is 12.1 Å². The molecule has 0 N–H and O–H groups in total. The van der Waals surface area contributed by atoms with Gasteiger partial charge in [0.25, 0.3) is 0 Å². The third kappa shape index (κ3) is 4.78. The topological polar surface area (TPSA) is 72.7 Å². The number of ether oxygens (including phenoxy) is 1. The number of benzene rings is 1. The molecule has 1 saturated heterocycles. The van der Waals surface area contributed by atoms with E-state index in [0.717, 1.165) is 43.3 Å². The third-order valence-electron chi connectivity index (χ3n) is 4.94. The number of hydrogen-bond donors (Lipinski definition) is 0. The highest BCUT2D eigenvalue weighted by molar-refractivity contribution is 5.78. The minimum atomic E-state index is 0.0971. The summed E-state index contributed by atoms with van der Waals surface area (Å²) in [4.78, 5) is 22.9. The van der Waals surface area contributed by atoms with Crippen LogP contribution in [0.2, 0.25) is 0 Å². The number of piperazine rings is 1. The van der Waals surface area contributed by atoms with E-state index in [2.05, 4.69) is 20.9 Å². The minimum absolute atomic E-state index is 0.0971. The van der Waals surface area contributed by atoms with Crippen molar-refractivity contribution in [2.45, 2.75) is 6.54 Å². The second-order valence-corrected chi connectivity index (χ2v) is 6.85. The van der Waals surface area contributed by atoms with Crippen LogP contribution in [-0.4, -0.2) is 67.6 Å². The summed E-state index contributed by atoms with van der Waals surface area (Å²) in [6, 6.07) is 13.5. The number of carbonyl (C=O) groups excluding carboxylic acids is 1. The lowest BCUT2D eigenvalue weighted by molar-refractivity contribution is -0.131. The smallest absolute Gasteiger partial charge is 0.236 e. The van der Waals surface area contributed by atoms with Gasteiger partial charge in [0, 0.05) is 46.0 Å². The van der Waals surface area contributed by atoms with Crippen molar-refractivity contribution in [1.29, 1.82) is 5.26 Å². The lowest BCUT2D eigenvalue weighted by atomic mass is 10.2. The van der Waals surface area contributed by atoms with Crippen molar-refractivity contribution in [2.75, 3.05) is 51.8 Å². The Morgan fingerprint density at radius 3 is 2.57 bits per heavy atom. The molecule has 7 nitrogen and oxygen atoms in total. The normalized spacial score (nSPS) is 14.4. The van der Waals surface area contributed by atoms with Crippen molar-refractivity contribution in [3.8, 4) is 11.8 Å². The predicted molar refractivity (Wildman–Crippen MR) is 107 cm³/mol. The highest BCUT2D eigenvalue weighted by atomic mass is 16.5. The monoisotopic (exact) mass is 379 g/mol. The second-order valence-electron chi connectivity index (χ2n) is 6.85. The van der Waals surface area contributed by atoms with E-state index in [1.807, 2.05) is 31.3 Å². The number of pyridine rings is 1. The first-order valence-corrected chi connectivity index (χ1v) is 9.30. The van der Waals surface area contributed by atoms with Gasteiger partial charge in [0.1, 0.15) is 17.6 Å². The second kappa shape index (κ2) is 9.20. The fraction of sp³-hybridized carbons (Fsp3) is 0.381. The highest BCUT2D eigenvalue weighted by Crippen LogP contribution is 2.18. The van der Waals surface area contributed by atoms with Crippen molar-refractivity contribution < 1.29 is 9.53 Å². The summed E-state index contributed by atoms with van der Waals surface area (Å²) in [7, 11) is 3.47. The summed E-state index contributed by atoms with van der Waals surface area (Å²) < 4.78 is 5.16. The van der Waals surface area contributed by atoms with E-state index >= 15 is 0 Å². The first-order chi connectivity index (χ1) is 13.6. The number of aromatic nitrogens is 1. The molecule has 1 fully saturated rings. The van der Waals surface area contributed by atoms with Gasteiger partial charge in [-0.3, -0.25) is 9.69 Å². The van der Waals surface area contributed by atoms with Gasteiger partial charge in [0.2, 0.25) is 5.91 Å². The van der Waals surface area contributed by atoms with E-state index in [9.17, 15) is 10.1 Å². The van der Waals surface area contributed by atoms with Crippen LogP contribution >= 0.6 is 0 Å². The Morgan fingerprint density at radius 1 is 1.21 bits per heavy atom. The fourth-order valence-electron chi connectivity index (χ4n) is 3.26. The van der Waals surface area contributed by atoms with Gasteiger partial charge < -0.3 is 14.5 Å². The molecular weight excluding hydrogens is 354 g/mol. The largest absolute Gasteiger partial charge is 0.497 e. The minimum Gasteiger partial charge on any atom is -0.497 e. The number of methoxy groups -OCH3 is 1. The van der Waals surface area contributed by atoms with Crippen molar-refractivity contribution in [2.24, 2.45) is 0 Å². The van der Waals surface area contributed by atoms with Crippen LogP contribution in [0, 0.1) is 11.3 Å². The Kier molecular flexibility index (Phi) is 6.45. The number of nitrogens with zero attached hydrogens (tertiary/aromatic N) is 5. The van der Waals surface area contributed by atoms with E-state index in [1.54, 1.807) is 30.3 Å². The fourth-order valence-corrected chi connectivity index (χ4v) is 3.26. The van der Waals surface area contributed by atoms with Crippen LogP contribution in [0.4, 0.5) is 5.82 Å². The third-order valence-corrected chi connectivity index (χ3v) is 4.94. The molecule has 2 aromatic rings. The molecule has 146 valence electrons. The van der Waals surface area contributed by atoms with Crippen LogP contribution in [-0.2, 0) is 11.3 Å². The SMILES string of the molecule is COc1ccc(CN(C)C(=O)CN2CCN(c3ncccc3C#N)CC2)cc1. The summed E-state index contributed by atoms with van der Waals surface area (Å²) in [5.74, 6) is 1.63. The van der Waals surface area contributed by atoms with Crippen LogP contribution in [0.3, 0.4) is 0 Å². The molecule has 0 bridgehead atoms. The summed E-state index contributed by atoms with van der Waals surface area (Å²) >= 11 is 0. The Morgan fingerprint density at radius 2 is 1.93 bits per heavy atom. The Hall–Kier alpha value is -3.11. The lowest BCUT2D eigenvalue weighted by Gasteiger charge is -2.35. The lowest BCUT2D eigenvalue weighted by Crippen LogP contribution is -2.50. The number of hydrogen-bond acceptors (Lipinski definition) is 6. The first-order valence-electron chi connectivity index (χ1n) is 9.30. The average molecular weight is 379 g/mol. The molecule has 1 aromatic heterocycles. The van der Waals surface area contributed by atoms with E-state index in [-0.39, 0.29) is 5.91 Å². The molecule has 1 amide bonds. The summed E-state index contributed by atoms with van der Waals surface area (Å²) in [6.45, 7) is 4.01. The Bertz CT molecular complexity index is 839. The molecule has 0 aliphatic carbocycles. The molecule has 0 unspecified atom stereocenters. The maximum absolute atomic E-state index is 12.6. The molecule has 0 saturated carbocycles. The van der Waals surface area contributed by atoms with Crippen molar-refractivity contribution in [3.05, 3.63) is 53.7 Å². The van der Waals surface area contributed by atoms with E-state index in [1.165, 1.54) is 0 Å². The molecule has 0 atom stereocenters. The number of carbonyl (C=O) groups is 1. The van der Waals surface area contributed by atoms with Gasteiger partial charge in [-0.05, 0) is 29.8 Å². The standard InChI is InChI=1S/C21H25N5O2/c1-24(15-17-5-7-19(28-2)8-6-17)20(27)16-25-10-12-26(13-11-25)21-18(14-22)4-3-9-23-21/h3-9H,10-13,15-16H2,1-2H3. The van der Waals surface area contributed by atoms with Crippen LogP contribution < -0.4 is 9.64 Å². The van der Waals surface area contributed by atoms with Crippen LogP contribution in [0.1, 0.15) is 11.1 Å². The molecule has 1 aromatic carbocycles. The quantitative estimate of drug-likeness (QED) is 0.761. The van der Waals surface area contributed by atoms with Gasteiger partial charge in [-0.25, -0.2) is 4.98 Å². The zero-order chi connectivity index (χ0) is 19.9. The Labute approximate surface area is 165 Å². The molecule has 0 radical (unpaired) electrons. The molecule has 1 aliphatic heterocycles. The van der Waals surface area contributed by atoms with E-state index < -0.39 is 0 Å². The number of amides is 1. The van der Waals surface area contributed by atoms with Gasteiger partial charge in [0.15, 0.2) is 0 Å². The van der Waals surface area contributed by atoms with Gasteiger partial charge in [-0.2, -0.15) is 5.26 Å². The predicted octanol–water partition coefficient (Wildman–Crippen LogP) is 1.74. The van der Waals surface area contributed by atoms with Crippen LogP contribution in [0.15, 0.2) is 42.6 Å². The number of rotatable bonds is 6. The molecule has 7 heteroatoms. The summed E-state index contributed by atoms with van der Waals surface area (Å²) in [6.07, 6.45) is 1.71. The van der Waals surface area contributed by atoms with Crippen molar-refractivity contribution in [1.82, 2.24) is 14.8 Å². The molecule has 1 aliphatic rings. The molecule has 0 spiro atoms. The zero-order valence-corrected chi connectivity index (χ0v) is 16.3. The maximum atomic E-state index is 12.6. The van der Waals surface area contributed by atoms with E-state index in [4.69, 9.17) is 4.74 Å². The molecule has 28 heavy (non-hydrogen) atoms. The van der Waals surface area contributed by atoms with Crippen LogP contribution in [0.25, 0.3) is 0 Å². The number of likely N-dealkylation sites (N-methyl/N-ethyl adjacent to an activating group) is 1. The summed E-state index contributed by atoms with van der Waals surface area (Å²) in [5.41, 5.74) is 1.66. The average Bonchev–Trinajstić information content (AvgIpc) is 2.74. The first kappa shape index (κ1) is 19.6. The Balaban J connectivity index is 1.49. The highest BCUT2D eigenvalue weighted by Gasteiger charge is 2.22. The van der Waals surface area contributed by atoms with Crippen molar-refractivity contribution >= 4 is 11.7 Å². The zero-order valence-electron chi connectivity index (χ0n) is 16.3. The van der Waals surface area contributed by atoms with Gasteiger partial charge in [-0.15, -0.1) is 0 Å². The maximum Gasteiger partial charge on any atom is 0.236 e. The molecule has 3 rings (SSSR count). The molecular formula is C21H25N5O2. The van der Waals surface area contributed by atoms with Gasteiger partial charge >= 0.3 is 0 Å². The van der Waals surface area contributed by atoms with Gasteiger partial charge in [0.05, 0.1) is 19.2 Å². The number of anilines is 1. The van der Waals surface area contributed by atoms with Crippen molar-refractivity contribution in [3.63, 3.8) is 0 Å².